The normalized spacial score (nSPS) is 12.3. The summed E-state index contributed by atoms with van der Waals surface area (Å²) < 4.78 is 0. The highest BCUT2D eigenvalue weighted by Crippen LogP contribution is 2.22. The number of carbonyl (C=O) groups excluding carboxylic acids is 3. The van der Waals surface area contributed by atoms with E-state index in [0.717, 1.165) is 5.56 Å². The lowest BCUT2D eigenvalue weighted by molar-refractivity contribution is -0.118. The van der Waals surface area contributed by atoms with Crippen LogP contribution >= 0.6 is 11.3 Å². The van der Waals surface area contributed by atoms with Crippen molar-refractivity contribution >= 4 is 34.2 Å². The van der Waals surface area contributed by atoms with Crippen molar-refractivity contribution in [3.05, 3.63) is 46.5 Å². The van der Waals surface area contributed by atoms with Crippen LogP contribution in [0.2, 0.25) is 0 Å². The fourth-order valence-corrected chi connectivity index (χ4v) is 3.02. The van der Waals surface area contributed by atoms with Crippen LogP contribution in [-0.2, 0) is 21.4 Å². The summed E-state index contributed by atoms with van der Waals surface area (Å²) >= 11 is 1.19. The molecular formula is C19H24N4O3S. The molecule has 0 aliphatic heterocycles. The Bertz CT molecular complexity index is 837. The topological polar surface area (TPSA) is 114 Å². The first-order valence-electron chi connectivity index (χ1n) is 8.51. The van der Waals surface area contributed by atoms with Crippen LogP contribution in [0.5, 0.6) is 0 Å². The lowest BCUT2D eigenvalue weighted by Gasteiger charge is -2.19. The van der Waals surface area contributed by atoms with Gasteiger partial charge in [0.2, 0.25) is 11.8 Å². The molecular weight excluding hydrogens is 364 g/mol. The highest BCUT2D eigenvalue weighted by atomic mass is 32.1. The van der Waals surface area contributed by atoms with Crippen LogP contribution in [0.15, 0.2) is 29.6 Å². The van der Waals surface area contributed by atoms with Crippen LogP contribution in [0.4, 0.5) is 5.13 Å². The van der Waals surface area contributed by atoms with Crippen molar-refractivity contribution in [1.82, 2.24) is 10.3 Å². The number of nitrogens with two attached hydrogens (primary N) is 1. The van der Waals surface area contributed by atoms with E-state index in [1.54, 1.807) is 24.4 Å². The van der Waals surface area contributed by atoms with Crippen LogP contribution in [-0.4, -0.2) is 28.7 Å². The summed E-state index contributed by atoms with van der Waals surface area (Å²) in [7, 11) is 0. The number of nitrogens with zero attached hydrogens (tertiary/aromatic N) is 1. The van der Waals surface area contributed by atoms with Gasteiger partial charge in [-0.25, -0.2) is 4.98 Å². The van der Waals surface area contributed by atoms with Crippen molar-refractivity contribution in [1.29, 1.82) is 0 Å². The van der Waals surface area contributed by atoms with E-state index in [0.29, 0.717) is 16.4 Å². The molecule has 1 aromatic heterocycles. The number of amides is 3. The monoisotopic (exact) mass is 388 g/mol. The van der Waals surface area contributed by atoms with E-state index >= 15 is 0 Å². The summed E-state index contributed by atoms with van der Waals surface area (Å²) in [6.07, 6.45) is 0.0171. The molecule has 27 heavy (non-hydrogen) atoms. The second kappa shape index (κ2) is 8.30. The van der Waals surface area contributed by atoms with E-state index < -0.39 is 17.9 Å². The molecule has 0 fully saturated rings. The number of thiazole rings is 1. The SMILES string of the molecule is CC(NC(=O)c1ccc(C(C)(C)C)cc1)C(=O)Nc1nc(CC(N)=O)cs1. The van der Waals surface area contributed by atoms with Crippen LogP contribution in [0, 0.1) is 0 Å². The van der Waals surface area contributed by atoms with Gasteiger partial charge in [0.15, 0.2) is 5.13 Å². The number of benzene rings is 1. The van der Waals surface area contributed by atoms with Gasteiger partial charge in [0.25, 0.3) is 5.91 Å². The Balaban J connectivity index is 1.94. The number of nitrogens with one attached hydrogen (secondary N) is 2. The number of anilines is 1. The van der Waals surface area contributed by atoms with Gasteiger partial charge in [-0.1, -0.05) is 32.9 Å². The smallest absolute Gasteiger partial charge is 0.251 e. The van der Waals surface area contributed by atoms with Gasteiger partial charge in [-0.2, -0.15) is 0 Å². The lowest BCUT2D eigenvalue weighted by Crippen LogP contribution is -2.41. The third-order valence-corrected chi connectivity index (χ3v) is 4.70. The van der Waals surface area contributed by atoms with Crippen LogP contribution in [0.25, 0.3) is 0 Å². The maximum Gasteiger partial charge on any atom is 0.251 e. The third-order valence-electron chi connectivity index (χ3n) is 3.89. The Labute approximate surface area is 162 Å². The zero-order valence-electron chi connectivity index (χ0n) is 15.8. The molecule has 3 amide bonds. The summed E-state index contributed by atoms with van der Waals surface area (Å²) in [6, 6.07) is 6.57. The number of hydrogen-bond acceptors (Lipinski definition) is 5. The first-order chi connectivity index (χ1) is 12.6. The third kappa shape index (κ3) is 5.89. The van der Waals surface area contributed by atoms with Crippen LogP contribution < -0.4 is 16.4 Å². The summed E-state index contributed by atoms with van der Waals surface area (Å²) in [5, 5.41) is 7.29. The summed E-state index contributed by atoms with van der Waals surface area (Å²) in [6.45, 7) is 7.89. The Morgan fingerprint density at radius 2 is 1.81 bits per heavy atom. The molecule has 0 spiro atoms. The molecule has 7 nitrogen and oxygen atoms in total. The standard InChI is InChI=1S/C19H24N4O3S/c1-11(16(25)23-18-22-14(10-27-18)9-15(20)24)21-17(26)12-5-7-13(8-6-12)19(2,3)4/h5-8,10-11H,9H2,1-4H3,(H2,20,24)(H,21,26)(H,22,23,25). The van der Waals surface area contributed by atoms with Crippen LogP contribution in [0.3, 0.4) is 0 Å². The zero-order chi connectivity index (χ0) is 20.2. The summed E-state index contributed by atoms with van der Waals surface area (Å²) in [4.78, 5) is 39.6. The molecule has 0 saturated heterocycles. The van der Waals surface area contributed by atoms with E-state index in [4.69, 9.17) is 5.73 Å². The molecule has 8 heteroatoms. The van der Waals surface area contributed by atoms with Gasteiger partial charge in [-0.3, -0.25) is 14.4 Å². The molecule has 4 N–H and O–H groups in total. The lowest BCUT2D eigenvalue weighted by atomic mass is 9.86. The maximum absolute atomic E-state index is 12.3. The van der Waals surface area contributed by atoms with Gasteiger partial charge < -0.3 is 16.4 Å². The molecule has 2 rings (SSSR count). The molecule has 1 heterocycles. The van der Waals surface area contributed by atoms with Crippen molar-refractivity contribution in [2.45, 2.75) is 45.6 Å². The van der Waals surface area contributed by atoms with Gasteiger partial charge in [0.1, 0.15) is 6.04 Å². The van der Waals surface area contributed by atoms with Crippen molar-refractivity contribution in [3.8, 4) is 0 Å². The predicted molar refractivity (Wildman–Crippen MR) is 106 cm³/mol. The van der Waals surface area contributed by atoms with E-state index in [2.05, 4.69) is 36.4 Å². The molecule has 0 bridgehead atoms. The minimum absolute atomic E-state index is 0.00323. The van der Waals surface area contributed by atoms with E-state index in [1.807, 2.05) is 12.1 Å². The number of hydrogen-bond donors (Lipinski definition) is 3. The van der Waals surface area contributed by atoms with Crippen LogP contribution in [0.1, 0.15) is 49.3 Å². The first-order valence-corrected chi connectivity index (χ1v) is 9.39. The summed E-state index contributed by atoms with van der Waals surface area (Å²) in [5.74, 6) is -1.21. The Morgan fingerprint density at radius 3 is 2.37 bits per heavy atom. The molecule has 0 aliphatic carbocycles. The molecule has 0 aliphatic rings. The Hall–Kier alpha value is -2.74. The molecule has 144 valence electrons. The van der Waals surface area contributed by atoms with Crippen molar-refractivity contribution < 1.29 is 14.4 Å². The zero-order valence-corrected chi connectivity index (χ0v) is 16.6. The highest BCUT2D eigenvalue weighted by molar-refractivity contribution is 7.13. The van der Waals surface area contributed by atoms with Crippen molar-refractivity contribution in [2.24, 2.45) is 5.73 Å². The van der Waals surface area contributed by atoms with Gasteiger partial charge in [-0.15, -0.1) is 11.3 Å². The van der Waals surface area contributed by atoms with Gasteiger partial charge in [0.05, 0.1) is 12.1 Å². The largest absolute Gasteiger partial charge is 0.369 e. The molecule has 1 atom stereocenters. The van der Waals surface area contributed by atoms with Gasteiger partial charge >= 0.3 is 0 Å². The molecule has 1 unspecified atom stereocenters. The average Bonchev–Trinajstić information content (AvgIpc) is 3.00. The van der Waals surface area contributed by atoms with Crippen molar-refractivity contribution in [3.63, 3.8) is 0 Å². The average molecular weight is 388 g/mol. The second-order valence-electron chi connectivity index (χ2n) is 7.30. The number of rotatable bonds is 6. The number of carbonyl (C=O) groups is 3. The molecule has 0 saturated carbocycles. The quantitative estimate of drug-likeness (QED) is 0.704. The maximum atomic E-state index is 12.3. The summed E-state index contributed by atoms with van der Waals surface area (Å²) in [5.41, 5.74) is 7.23. The first kappa shape index (κ1) is 20.6. The van der Waals surface area contributed by atoms with Gasteiger partial charge in [0, 0.05) is 10.9 Å². The number of primary amides is 1. The minimum atomic E-state index is -0.747. The molecule has 2 aromatic rings. The highest BCUT2D eigenvalue weighted by Gasteiger charge is 2.19. The predicted octanol–water partition coefficient (Wildman–Crippen LogP) is 2.23. The second-order valence-corrected chi connectivity index (χ2v) is 8.16. The fourth-order valence-electron chi connectivity index (χ4n) is 2.30. The fraction of sp³-hybridized carbons (Fsp3) is 0.368. The van der Waals surface area contributed by atoms with E-state index in [-0.39, 0.29) is 17.7 Å². The molecule has 0 radical (unpaired) electrons. The minimum Gasteiger partial charge on any atom is -0.369 e. The molecule has 1 aromatic carbocycles. The van der Waals surface area contributed by atoms with Gasteiger partial charge in [-0.05, 0) is 30.0 Å². The Kier molecular flexibility index (Phi) is 6.32. The van der Waals surface area contributed by atoms with Crippen molar-refractivity contribution in [2.75, 3.05) is 5.32 Å². The van der Waals surface area contributed by atoms with E-state index in [9.17, 15) is 14.4 Å². The number of aromatic nitrogens is 1. The van der Waals surface area contributed by atoms with E-state index in [1.165, 1.54) is 11.3 Å². The Morgan fingerprint density at radius 1 is 1.19 bits per heavy atom.